The standard InChI is InChI=1S/C19H24N6S/c1-20-9-10-21-13-6-7-14-16-18(23-25(14)12-11-24(2)3)17-15(26-19(13)16)5-4-8-22-17/h4-8,20-21H,9-12H2,1-3H3. The van der Waals surface area contributed by atoms with E-state index >= 15 is 0 Å². The van der Waals surface area contributed by atoms with Gasteiger partial charge in [0.1, 0.15) is 11.4 Å². The Kier molecular flexibility index (Phi) is 4.84. The second-order valence-corrected chi connectivity index (χ2v) is 7.75. The molecule has 0 radical (unpaired) electrons. The third-order valence-electron chi connectivity index (χ3n) is 4.53. The van der Waals surface area contributed by atoms with Crippen molar-refractivity contribution in [2.75, 3.05) is 46.1 Å². The van der Waals surface area contributed by atoms with Gasteiger partial charge in [-0.1, -0.05) is 11.8 Å². The van der Waals surface area contributed by atoms with Crippen LogP contribution in [0.25, 0.3) is 22.3 Å². The SMILES string of the molecule is CNCCNc1ccc2c3c(nn2CCN(C)C)-c2ncccc2Sc13. The van der Waals surface area contributed by atoms with Gasteiger partial charge in [-0.2, -0.15) is 5.10 Å². The van der Waals surface area contributed by atoms with Gasteiger partial charge < -0.3 is 15.5 Å². The van der Waals surface area contributed by atoms with Crippen molar-refractivity contribution in [2.45, 2.75) is 16.3 Å². The Hall–Kier alpha value is -2.09. The zero-order valence-corrected chi connectivity index (χ0v) is 16.2. The number of hydrogen-bond donors (Lipinski definition) is 2. The van der Waals surface area contributed by atoms with E-state index in [4.69, 9.17) is 5.10 Å². The summed E-state index contributed by atoms with van der Waals surface area (Å²) in [4.78, 5) is 9.23. The topological polar surface area (TPSA) is 58.0 Å². The number of rotatable bonds is 7. The summed E-state index contributed by atoms with van der Waals surface area (Å²) >= 11 is 1.79. The number of anilines is 1. The predicted octanol–water partition coefficient (Wildman–Crippen LogP) is 2.76. The summed E-state index contributed by atoms with van der Waals surface area (Å²) in [6.45, 7) is 3.63. The molecule has 0 spiro atoms. The van der Waals surface area contributed by atoms with Gasteiger partial charge in [-0.3, -0.25) is 9.67 Å². The van der Waals surface area contributed by atoms with Crippen molar-refractivity contribution in [1.29, 1.82) is 0 Å². The van der Waals surface area contributed by atoms with Crippen LogP contribution in [-0.4, -0.2) is 60.4 Å². The number of nitrogens with one attached hydrogen (secondary N) is 2. The highest BCUT2D eigenvalue weighted by Gasteiger charge is 2.26. The molecule has 26 heavy (non-hydrogen) atoms. The third-order valence-corrected chi connectivity index (χ3v) is 5.71. The number of likely N-dealkylation sites (N-methyl/N-ethyl adjacent to an activating group) is 2. The summed E-state index contributed by atoms with van der Waals surface area (Å²) in [6.07, 6.45) is 1.85. The van der Waals surface area contributed by atoms with E-state index < -0.39 is 0 Å². The average molecular weight is 369 g/mol. The van der Waals surface area contributed by atoms with Crippen LogP contribution in [0.1, 0.15) is 0 Å². The number of fused-ring (bicyclic) bond motifs is 2. The minimum Gasteiger partial charge on any atom is -0.383 e. The van der Waals surface area contributed by atoms with Crippen LogP contribution in [0.4, 0.5) is 5.69 Å². The van der Waals surface area contributed by atoms with Crippen molar-refractivity contribution >= 4 is 28.4 Å². The molecule has 0 saturated carbocycles. The highest BCUT2D eigenvalue weighted by molar-refractivity contribution is 8.00. The van der Waals surface area contributed by atoms with Crippen LogP contribution in [0.2, 0.25) is 0 Å². The van der Waals surface area contributed by atoms with Gasteiger partial charge in [-0.05, 0) is 45.4 Å². The molecule has 2 N–H and O–H groups in total. The van der Waals surface area contributed by atoms with E-state index in [9.17, 15) is 0 Å². The number of nitrogens with zero attached hydrogens (tertiary/aromatic N) is 4. The summed E-state index contributed by atoms with van der Waals surface area (Å²) in [5.74, 6) is 0. The Bertz CT molecular complexity index is 933. The normalized spacial score (nSPS) is 12.6. The largest absolute Gasteiger partial charge is 0.383 e. The molecule has 0 bridgehead atoms. The van der Waals surface area contributed by atoms with E-state index in [2.05, 4.69) is 57.5 Å². The lowest BCUT2D eigenvalue weighted by Gasteiger charge is -2.18. The summed E-state index contributed by atoms with van der Waals surface area (Å²) in [5.41, 5.74) is 4.34. The molecular formula is C19H24N6S. The molecule has 1 aliphatic heterocycles. The Morgan fingerprint density at radius 2 is 2.04 bits per heavy atom. The van der Waals surface area contributed by atoms with E-state index in [1.807, 2.05) is 19.3 Å². The molecule has 136 valence electrons. The van der Waals surface area contributed by atoms with Crippen LogP contribution in [-0.2, 0) is 6.54 Å². The van der Waals surface area contributed by atoms with Crippen LogP contribution in [0.15, 0.2) is 40.3 Å². The summed E-state index contributed by atoms with van der Waals surface area (Å²) in [5, 5.41) is 12.9. The van der Waals surface area contributed by atoms with E-state index in [0.717, 1.165) is 37.6 Å². The lowest BCUT2D eigenvalue weighted by molar-refractivity contribution is 0.377. The van der Waals surface area contributed by atoms with Gasteiger partial charge in [0.05, 0.1) is 12.1 Å². The first-order chi connectivity index (χ1) is 12.7. The molecule has 0 unspecified atom stereocenters. The fourth-order valence-electron chi connectivity index (χ4n) is 3.20. The van der Waals surface area contributed by atoms with Gasteiger partial charge in [0.2, 0.25) is 0 Å². The number of benzene rings is 1. The van der Waals surface area contributed by atoms with E-state index in [-0.39, 0.29) is 0 Å². The van der Waals surface area contributed by atoms with Crippen LogP contribution in [0, 0.1) is 0 Å². The first kappa shape index (κ1) is 17.3. The molecule has 0 saturated heterocycles. The Morgan fingerprint density at radius 3 is 2.85 bits per heavy atom. The van der Waals surface area contributed by atoms with Crippen LogP contribution in [0.5, 0.6) is 0 Å². The van der Waals surface area contributed by atoms with Crippen LogP contribution in [0.3, 0.4) is 0 Å². The van der Waals surface area contributed by atoms with Gasteiger partial charge in [-0.15, -0.1) is 0 Å². The highest BCUT2D eigenvalue weighted by Crippen LogP contribution is 2.49. The number of hydrogen-bond acceptors (Lipinski definition) is 6. The fraction of sp³-hybridized carbons (Fsp3) is 0.368. The average Bonchev–Trinajstić information content (AvgIpc) is 3.02. The Balaban J connectivity index is 1.84. The first-order valence-corrected chi connectivity index (χ1v) is 9.70. The van der Waals surface area contributed by atoms with Crippen molar-refractivity contribution in [2.24, 2.45) is 0 Å². The molecule has 0 amide bonds. The van der Waals surface area contributed by atoms with Crippen molar-refractivity contribution in [3.8, 4) is 11.4 Å². The second kappa shape index (κ2) is 7.26. The molecule has 1 aromatic carbocycles. The molecule has 0 aliphatic carbocycles. The molecule has 6 nitrogen and oxygen atoms in total. The smallest absolute Gasteiger partial charge is 0.121 e. The minimum absolute atomic E-state index is 0.863. The molecule has 3 aromatic rings. The third kappa shape index (κ3) is 3.06. The van der Waals surface area contributed by atoms with E-state index in [1.165, 1.54) is 26.4 Å². The van der Waals surface area contributed by atoms with E-state index in [1.54, 1.807) is 11.8 Å². The zero-order valence-electron chi connectivity index (χ0n) is 15.4. The van der Waals surface area contributed by atoms with Crippen molar-refractivity contribution in [3.05, 3.63) is 30.5 Å². The van der Waals surface area contributed by atoms with Crippen LogP contribution < -0.4 is 10.6 Å². The zero-order chi connectivity index (χ0) is 18.1. The molecule has 4 rings (SSSR count). The maximum absolute atomic E-state index is 4.94. The van der Waals surface area contributed by atoms with Crippen molar-refractivity contribution < 1.29 is 0 Å². The van der Waals surface area contributed by atoms with Crippen LogP contribution >= 0.6 is 11.8 Å². The summed E-state index contributed by atoms with van der Waals surface area (Å²) in [7, 11) is 6.15. The number of pyridine rings is 1. The van der Waals surface area contributed by atoms with Crippen molar-refractivity contribution in [1.82, 2.24) is 25.0 Å². The van der Waals surface area contributed by atoms with Gasteiger partial charge in [0.25, 0.3) is 0 Å². The highest BCUT2D eigenvalue weighted by atomic mass is 32.2. The molecule has 1 aliphatic rings. The predicted molar refractivity (Wildman–Crippen MR) is 108 cm³/mol. The molecule has 0 fully saturated rings. The molecule has 3 heterocycles. The first-order valence-electron chi connectivity index (χ1n) is 8.89. The molecule has 0 atom stereocenters. The monoisotopic (exact) mass is 368 g/mol. The Morgan fingerprint density at radius 1 is 1.15 bits per heavy atom. The fourth-order valence-corrected chi connectivity index (χ4v) is 4.37. The number of aromatic nitrogens is 3. The second-order valence-electron chi connectivity index (χ2n) is 6.69. The van der Waals surface area contributed by atoms with Gasteiger partial charge >= 0.3 is 0 Å². The van der Waals surface area contributed by atoms with Gasteiger partial charge in [0.15, 0.2) is 0 Å². The lowest BCUT2D eigenvalue weighted by Crippen LogP contribution is -2.19. The molecule has 2 aromatic heterocycles. The van der Waals surface area contributed by atoms with E-state index in [0.29, 0.717) is 0 Å². The molecular weight excluding hydrogens is 344 g/mol. The quantitative estimate of drug-likeness (QED) is 0.489. The summed E-state index contributed by atoms with van der Waals surface area (Å²) < 4.78 is 2.12. The Labute approximate surface area is 158 Å². The lowest BCUT2D eigenvalue weighted by atomic mass is 10.1. The maximum atomic E-state index is 4.94. The maximum Gasteiger partial charge on any atom is 0.121 e. The van der Waals surface area contributed by atoms with Crippen molar-refractivity contribution in [3.63, 3.8) is 0 Å². The summed E-state index contributed by atoms with van der Waals surface area (Å²) in [6, 6.07) is 8.49. The van der Waals surface area contributed by atoms with Gasteiger partial charge in [-0.25, -0.2) is 0 Å². The minimum atomic E-state index is 0.863. The molecule has 7 heteroatoms. The van der Waals surface area contributed by atoms with Gasteiger partial charge in [0, 0.05) is 46.7 Å².